The Bertz CT molecular complexity index is 820. The second-order valence-electron chi connectivity index (χ2n) is 8.52. The lowest BCUT2D eigenvalue weighted by Gasteiger charge is -2.02. The summed E-state index contributed by atoms with van der Waals surface area (Å²) in [5.41, 5.74) is 5.14. The summed E-state index contributed by atoms with van der Waals surface area (Å²) in [5.74, 6) is 1.57. The van der Waals surface area contributed by atoms with Crippen molar-refractivity contribution in [3.63, 3.8) is 0 Å². The van der Waals surface area contributed by atoms with Crippen LogP contribution < -0.4 is 0 Å². The van der Waals surface area contributed by atoms with Crippen LogP contribution in [0.3, 0.4) is 0 Å². The predicted molar refractivity (Wildman–Crippen MR) is 138 cm³/mol. The topological polar surface area (TPSA) is 76.3 Å². The van der Waals surface area contributed by atoms with Crippen LogP contribution in [0.1, 0.15) is 89.5 Å². The largest absolute Gasteiger partial charge is 0.288 e. The highest BCUT2D eigenvalue weighted by molar-refractivity contribution is 6.30. The second-order valence-corrected chi connectivity index (χ2v) is 8.52. The lowest BCUT2D eigenvalue weighted by Crippen LogP contribution is -2.02. The van der Waals surface area contributed by atoms with Crippen LogP contribution in [-0.4, -0.2) is 38.4 Å². The average Bonchev–Trinajstić information content (AvgIpc) is 2.75. The van der Waals surface area contributed by atoms with E-state index in [0.29, 0.717) is 17.8 Å². The molecule has 0 aromatic carbocycles. The van der Waals surface area contributed by atoms with Gasteiger partial charge >= 0.3 is 0 Å². The van der Waals surface area contributed by atoms with Gasteiger partial charge in [-0.1, -0.05) is 55.0 Å². The van der Waals surface area contributed by atoms with E-state index in [4.69, 9.17) is 0 Å². The summed E-state index contributed by atoms with van der Waals surface area (Å²) in [6.45, 7) is 23.1. The van der Waals surface area contributed by atoms with Crippen LogP contribution in [-0.2, 0) is 0 Å². The van der Waals surface area contributed by atoms with E-state index in [1.165, 1.54) is 6.20 Å². The molecule has 0 atom stereocenters. The molecule has 0 aliphatic heterocycles. The molecule has 2 heterocycles. The molecule has 0 bridgehead atoms. The molecule has 6 nitrogen and oxygen atoms in total. The summed E-state index contributed by atoms with van der Waals surface area (Å²) in [6.07, 6.45) is 11.5. The van der Waals surface area contributed by atoms with Gasteiger partial charge in [-0.3, -0.25) is 29.9 Å². The Hall–Kier alpha value is -2.76. The quantitative estimate of drug-likeness (QED) is 0.461. The highest BCUT2D eigenvalue weighted by Crippen LogP contribution is 2.09. The molecule has 0 aliphatic carbocycles. The van der Waals surface area contributed by atoms with Crippen molar-refractivity contribution in [3.8, 4) is 0 Å². The number of aryl methyl sites for hydroxylation is 2. The monoisotopic (exact) mass is 438 g/mol. The maximum absolute atomic E-state index is 4.40. The third-order valence-electron chi connectivity index (χ3n) is 4.11. The molecular weight excluding hydrogens is 396 g/mol. The zero-order chi connectivity index (χ0) is 24.5. The Kier molecular flexibility index (Phi) is 15.4. The zero-order valence-corrected chi connectivity index (χ0v) is 21.5. The van der Waals surface area contributed by atoms with Crippen LogP contribution in [0, 0.1) is 19.8 Å². The molecule has 2 rings (SSSR count). The summed E-state index contributed by atoms with van der Waals surface area (Å²) in [7, 11) is 0. The van der Waals surface area contributed by atoms with Crippen molar-refractivity contribution in [2.24, 2.45) is 15.9 Å². The first kappa shape index (κ1) is 29.2. The first-order valence-electron chi connectivity index (χ1n) is 11.3. The maximum Gasteiger partial charge on any atom is 0.0615 e. The fraction of sp³-hybridized carbons (Fsp3) is 0.538. The Morgan fingerprint density at radius 2 is 1.56 bits per heavy atom. The van der Waals surface area contributed by atoms with Gasteiger partial charge in [0.25, 0.3) is 0 Å². The Morgan fingerprint density at radius 1 is 0.906 bits per heavy atom. The number of rotatable bonds is 7. The van der Waals surface area contributed by atoms with E-state index in [0.717, 1.165) is 41.5 Å². The molecular formula is C26H42N6. The molecule has 0 amide bonds. The summed E-state index contributed by atoms with van der Waals surface area (Å²) in [4.78, 5) is 25.0. The molecule has 176 valence electrons. The van der Waals surface area contributed by atoms with Crippen molar-refractivity contribution in [2.45, 2.75) is 80.6 Å². The maximum atomic E-state index is 4.40. The van der Waals surface area contributed by atoms with Crippen molar-refractivity contribution in [1.29, 1.82) is 0 Å². The molecule has 0 saturated heterocycles. The minimum absolute atomic E-state index is 0.479. The Morgan fingerprint density at radius 3 is 1.97 bits per heavy atom. The molecule has 0 spiro atoms. The molecule has 32 heavy (non-hydrogen) atoms. The number of aromatic nitrogens is 4. The minimum atomic E-state index is 0.479. The second kappa shape index (κ2) is 16.9. The number of hydrogen-bond donors (Lipinski definition) is 0. The van der Waals surface area contributed by atoms with E-state index >= 15 is 0 Å². The van der Waals surface area contributed by atoms with E-state index in [-0.39, 0.29) is 0 Å². The van der Waals surface area contributed by atoms with Gasteiger partial charge in [0.1, 0.15) is 0 Å². The lowest BCUT2D eigenvalue weighted by atomic mass is 10.1. The first-order chi connectivity index (χ1) is 15.1. The van der Waals surface area contributed by atoms with Crippen LogP contribution >= 0.6 is 0 Å². The molecule has 2 aromatic heterocycles. The molecule has 0 aliphatic rings. The molecule has 0 N–H and O–H groups in total. The van der Waals surface area contributed by atoms with Gasteiger partial charge in [0.2, 0.25) is 0 Å². The highest BCUT2D eigenvalue weighted by atomic mass is 14.8. The number of nitrogens with zero attached hydrogens (tertiary/aromatic N) is 6. The Labute approximate surface area is 195 Å². The molecule has 2 aromatic rings. The van der Waals surface area contributed by atoms with Crippen LogP contribution in [0.5, 0.6) is 0 Å². The van der Waals surface area contributed by atoms with Gasteiger partial charge in [0, 0.05) is 43.7 Å². The smallest absolute Gasteiger partial charge is 0.0615 e. The molecule has 0 unspecified atom stereocenters. The zero-order valence-electron chi connectivity index (χ0n) is 21.5. The lowest BCUT2D eigenvalue weighted by molar-refractivity contribution is 0.665. The van der Waals surface area contributed by atoms with Crippen molar-refractivity contribution in [2.75, 3.05) is 6.54 Å². The normalized spacial score (nSPS) is 11.3. The fourth-order valence-corrected chi connectivity index (χ4v) is 2.14. The predicted octanol–water partition coefficient (Wildman–Crippen LogP) is 6.52. The summed E-state index contributed by atoms with van der Waals surface area (Å²) in [5, 5.41) is 0. The van der Waals surface area contributed by atoms with Gasteiger partial charge in [0.15, 0.2) is 0 Å². The summed E-state index contributed by atoms with van der Waals surface area (Å²) >= 11 is 0. The van der Waals surface area contributed by atoms with Gasteiger partial charge in [-0.05, 0) is 38.0 Å². The standard InChI is InChI=1S/C10H18N2.2C8H12N2/c1-5-10(8-11-6-2)12-7-9(3)4;1-6(2)8-5-9-7(3)4-10-8;1-6(2)8-5-9-4-7(3)10-8/h6,8-9H,2,5,7H2,1,3-4H3;2*4-6H,1-3H3. The van der Waals surface area contributed by atoms with Gasteiger partial charge < -0.3 is 0 Å². The fourth-order valence-electron chi connectivity index (χ4n) is 2.14. The third kappa shape index (κ3) is 14.3. The molecule has 0 fully saturated rings. The minimum Gasteiger partial charge on any atom is -0.288 e. The van der Waals surface area contributed by atoms with E-state index < -0.39 is 0 Å². The van der Waals surface area contributed by atoms with Crippen LogP contribution in [0.25, 0.3) is 0 Å². The molecule has 0 saturated carbocycles. The highest BCUT2D eigenvalue weighted by Gasteiger charge is 1.99. The molecule has 6 heteroatoms. The Balaban J connectivity index is 0.000000452. The molecule has 0 radical (unpaired) electrons. The van der Waals surface area contributed by atoms with Crippen LogP contribution in [0.15, 0.2) is 47.6 Å². The number of hydrogen-bond acceptors (Lipinski definition) is 6. The summed E-state index contributed by atoms with van der Waals surface area (Å²) < 4.78 is 0. The van der Waals surface area contributed by atoms with Crippen molar-refractivity contribution in [1.82, 2.24) is 19.9 Å². The van der Waals surface area contributed by atoms with Crippen molar-refractivity contribution < 1.29 is 0 Å². The van der Waals surface area contributed by atoms with E-state index in [1.54, 1.807) is 18.6 Å². The van der Waals surface area contributed by atoms with Gasteiger partial charge in [0.05, 0.1) is 28.5 Å². The van der Waals surface area contributed by atoms with Crippen molar-refractivity contribution in [3.05, 3.63) is 60.3 Å². The van der Waals surface area contributed by atoms with Gasteiger partial charge in [-0.15, -0.1) is 0 Å². The van der Waals surface area contributed by atoms with E-state index in [1.807, 2.05) is 26.2 Å². The SMILES string of the molecule is C=CN=CC(CC)=NCC(C)C.Cc1cnc(C(C)C)cn1.Cc1cncc(C(C)C)n1. The summed E-state index contributed by atoms with van der Waals surface area (Å²) in [6, 6.07) is 0. The third-order valence-corrected chi connectivity index (χ3v) is 4.11. The van der Waals surface area contributed by atoms with E-state index in [9.17, 15) is 0 Å². The van der Waals surface area contributed by atoms with Gasteiger partial charge in [-0.25, -0.2) is 0 Å². The first-order valence-corrected chi connectivity index (χ1v) is 11.3. The van der Waals surface area contributed by atoms with Crippen LogP contribution in [0.4, 0.5) is 0 Å². The number of aliphatic imine (C=N–C) groups is 2. The average molecular weight is 439 g/mol. The van der Waals surface area contributed by atoms with Gasteiger partial charge in [-0.2, -0.15) is 0 Å². The van der Waals surface area contributed by atoms with Crippen molar-refractivity contribution >= 4 is 11.9 Å². The van der Waals surface area contributed by atoms with E-state index in [2.05, 4.69) is 85.0 Å². The van der Waals surface area contributed by atoms with Crippen LogP contribution in [0.2, 0.25) is 0 Å².